The number of amides is 1. The molecule has 1 heterocycles. The van der Waals surface area contributed by atoms with E-state index in [9.17, 15) is 4.79 Å². The lowest BCUT2D eigenvalue weighted by Gasteiger charge is -2.25. The standard InChI is InChI=1S/C16H24N4O/c1-10(2)20-13-8-12(7-6-11(13)9-18-20)19-15(21)14(17)16(3,4)5/h6-10,14H,17H2,1-5H3,(H,19,21)/t14-/m1/s1. The second-order valence-corrected chi connectivity index (χ2v) is 6.79. The Morgan fingerprint density at radius 2 is 2.00 bits per heavy atom. The van der Waals surface area contributed by atoms with Crippen molar-refractivity contribution in [3.63, 3.8) is 0 Å². The van der Waals surface area contributed by atoms with Crippen LogP contribution in [-0.2, 0) is 4.79 Å². The van der Waals surface area contributed by atoms with Gasteiger partial charge in [-0.1, -0.05) is 20.8 Å². The summed E-state index contributed by atoms with van der Waals surface area (Å²) < 4.78 is 1.94. The van der Waals surface area contributed by atoms with Crippen LogP contribution in [0.15, 0.2) is 24.4 Å². The maximum Gasteiger partial charge on any atom is 0.241 e. The number of aromatic nitrogens is 2. The summed E-state index contributed by atoms with van der Waals surface area (Å²) in [7, 11) is 0. The van der Waals surface area contributed by atoms with Crippen molar-refractivity contribution in [2.24, 2.45) is 11.1 Å². The summed E-state index contributed by atoms with van der Waals surface area (Å²) in [5.41, 5.74) is 7.46. The molecule has 0 aliphatic carbocycles. The number of benzene rings is 1. The molecule has 0 bridgehead atoms. The van der Waals surface area contributed by atoms with Crippen molar-refractivity contribution in [2.75, 3.05) is 5.32 Å². The Hall–Kier alpha value is -1.88. The molecule has 2 rings (SSSR count). The van der Waals surface area contributed by atoms with Gasteiger partial charge in [-0.2, -0.15) is 5.10 Å². The van der Waals surface area contributed by atoms with Crippen LogP contribution >= 0.6 is 0 Å². The third-order valence-electron chi connectivity index (χ3n) is 3.57. The minimum absolute atomic E-state index is 0.169. The van der Waals surface area contributed by atoms with Crippen molar-refractivity contribution >= 4 is 22.5 Å². The minimum atomic E-state index is -0.553. The highest BCUT2D eigenvalue weighted by molar-refractivity contribution is 5.97. The van der Waals surface area contributed by atoms with E-state index in [-0.39, 0.29) is 17.4 Å². The van der Waals surface area contributed by atoms with Crippen LogP contribution in [0.4, 0.5) is 5.69 Å². The number of nitrogens with one attached hydrogen (secondary N) is 1. The summed E-state index contributed by atoms with van der Waals surface area (Å²) in [6.07, 6.45) is 1.84. The topological polar surface area (TPSA) is 72.9 Å². The molecule has 1 aromatic carbocycles. The van der Waals surface area contributed by atoms with E-state index in [1.54, 1.807) is 0 Å². The average Bonchev–Trinajstić information content (AvgIpc) is 2.79. The maximum atomic E-state index is 12.2. The fourth-order valence-electron chi connectivity index (χ4n) is 2.14. The first-order chi connectivity index (χ1) is 9.70. The normalized spacial score (nSPS) is 13.7. The molecular weight excluding hydrogens is 264 g/mol. The van der Waals surface area contributed by atoms with Gasteiger partial charge in [0.15, 0.2) is 0 Å². The SMILES string of the molecule is CC(C)n1ncc2ccc(NC(=O)[C@@H](N)C(C)(C)C)cc21. The monoisotopic (exact) mass is 288 g/mol. The lowest BCUT2D eigenvalue weighted by atomic mass is 9.87. The maximum absolute atomic E-state index is 12.2. The molecule has 5 heteroatoms. The molecule has 2 aromatic rings. The molecule has 3 N–H and O–H groups in total. The van der Waals surface area contributed by atoms with Crippen LogP contribution in [-0.4, -0.2) is 21.7 Å². The first kappa shape index (κ1) is 15.5. The van der Waals surface area contributed by atoms with E-state index in [1.165, 1.54) is 0 Å². The predicted octanol–water partition coefficient (Wildman–Crippen LogP) is 2.93. The molecule has 114 valence electrons. The van der Waals surface area contributed by atoms with Gasteiger partial charge in [0.25, 0.3) is 0 Å². The van der Waals surface area contributed by atoms with Crippen LogP contribution in [0.5, 0.6) is 0 Å². The van der Waals surface area contributed by atoms with Crippen molar-refractivity contribution < 1.29 is 4.79 Å². The zero-order valence-electron chi connectivity index (χ0n) is 13.3. The van der Waals surface area contributed by atoms with E-state index >= 15 is 0 Å². The van der Waals surface area contributed by atoms with Crippen LogP contribution < -0.4 is 11.1 Å². The zero-order valence-corrected chi connectivity index (χ0v) is 13.3. The molecule has 1 amide bonds. The second kappa shape index (κ2) is 5.48. The smallest absolute Gasteiger partial charge is 0.241 e. The fourth-order valence-corrected chi connectivity index (χ4v) is 2.14. The first-order valence-corrected chi connectivity index (χ1v) is 7.24. The molecular formula is C16H24N4O. The van der Waals surface area contributed by atoms with Crippen molar-refractivity contribution in [1.29, 1.82) is 0 Å². The minimum Gasteiger partial charge on any atom is -0.325 e. The quantitative estimate of drug-likeness (QED) is 0.912. The van der Waals surface area contributed by atoms with Crippen molar-refractivity contribution in [3.8, 4) is 0 Å². The van der Waals surface area contributed by atoms with Crippen LogP contribution in [0, 0.1) is 5.41 Å². The van der Waals surface area contributed by atoms with Gasteiger partial charge >= 0.3 is 0 Å². The Bertz CT molecular complexity index is 652. The summed E-state index contributed by atoms with van der Waals surface area (Å²) in [4.78, 5) is 12.2. The number of nitrogens with zero attached hydrogens (tertiary/aromatic N) is 2. The second-order valence-electron chi connectivity index (χ2n) is 6.79. The Balaban J connectivity index is 2.27. The molecule has 0 aliphatic heterocycles. The van der Waals surface area contributed by atoms with E-state index in [4.69, 9.17) is 5.73 Å². The number of rotatable bonds is 3. The number of hydrogen-bond acceptors (Lipinski definition) is 3. The van der Waals surface area contributed by atoms with Gasteiger partial charge in [-0.15, -0.1) is 0 Å². The van der Waals surface area contributed by atoms with Crippen LogP contribution in [0.25, 0.3) is 10.9 Å². The highest BCUT2D eigenvalue weighted by Crippen LogP contribution is 2.23. The average molecular weight is 288 g/mol. The molecule has 0 saturated heterocycles. The number of carbonyl (C=O) groups excluding carboxylic acids is 1. The molecule has 1 aromatic heterocycles. The van der Waals surface area contributed by atoms with Crippen molar-refractivity contribution in [2.45, 2.75) is 46.7 Å². The molecule has 21 heavy (non-hydrogen) atoms. The van der Waals surface area contributed by atoms with Gasteiger partial charge in [-0.05, 0) is 37.5 Å². The van der Waals surface area contributed by atoms with E-state index < -0.39 is 6.04 Å². The molecule has 5 nitrogen and oxygen atoms in total. The van der Waals surface area contributed by atoms with Gasteiger partial charge in [0.1, 0.15) is 0 Å². The highest BCUT2D eigenvalue weighted by Gasteiger charge is 2.27. The van der Waals surface area contributed by atoms with E-state index in [2.05, 4.69) is 24.3 Å². The Labute approximate surface area is 125 Å². The van der Waals surface area contributed by atoms with E-state index in [1.807, 2.05) is 49.8 Å². The number of carbonyl (C=O) groups is 1. The Morgan fingerprint density at radius 3 is 2.57 bits per heavy atom. The van der Waals surface area contributed by atoms with Crippen LogP contribution in [0.1, 0.15) is 40.7 Å². The lowest BCUT2D eigenvalue weighted by Crippen LogP contribution is -2.45. The Kier molecular flexibility index (Phi) is 4.05. The van der Waals surface area contributed by atoms with Crippen LogP contribution in [0.2, 0.25) is 0 Å². The molecule has 0 radical (unpaired) electrons. The Morgan fingerprint density at radius 1 is 1.33 bits per heavy atom. The number of anilines is 1. The number of nitrogens with two attached hydrogens (primary N) is 1. The summed E-state index contributed by atoms with van der Waals surface area (Å²) in [6.45, 7) is 10.0. The van der Waals surface area contributed by atoms with Crippen molar-refractivity contribution in [3.05, 3.63) is 24.4 Å². The summed E-state index contributed by atoms with van der Waals surface area (Å²) >= 11 is 0. The molecule has 0 aliphatic rings. The predicted molar refractivity (Wildman–Crippen MR) is 86.2 cm³/mol. The van der Waals surface area contributed by atoms with E-state index in [0.717, 1.165) is 16.6 Å². The van der Waals surface area contributed by atoms with Gasteiger partial charge < -0.3 is 11.1 Å². The van der Waals surface area contributed by atoms with Crippen molar-refractivity contribution in [1.82, 2.24) is 9.78 Å². The fraction of sp³-hybridized carbons (Fsp3) is 0.500. The third kappa shape index (κ3) is 3.24. The molecule has 0 spiro atoms. The molecule has 0 saturated carbocycles. The van der Waals surface area contributed by atoms with Gasteiger partial charge in [0.2, 0.25) is 5.91 Å². The molecule has 1 atom stereocenters. The van der Waals surface area contributed by atoms with Crippen LogP contribution in [0.3, 0.4) is 0 Å². The first-order valence-electron chi connectivity index (χ1n) is 7.24. The lowest BCUT2D eigenvalue weighted by molar-refractivity contribution is -0.119. The van der Waals surface area contributed by atoms with Gasteiger partial charge in [0.05, 0.1) is 17.8 Å². The van der Waals surface area contributed by atoms with Gasteiger partial charge in [-0.3, -0.25) is 9.48 Å². The highest BCUT2D eigenvalue weighted by atomic mass is 16.2. The third-order valence-corrected chi connectivity index (χ3v) is 3.57. The molecule has 0 fully saturated rings. The van der Waals surface area contributed by atoms with Gasteiger partial charge in [0, 0.05) is 17.1 Å². The van der Waals surface area contributed by atoms with E-state index in [0.29, 0.717) is 0 Å². The largest absolute Gasteiger partial charge is 0.325 e. The van der Waals surface area contributed by atoms with Gasteiger partial charge in [-0.25, -0.2) is 0 Å². The number of hydrogen-bond donors (Lipinski definition) is 2. The number of fused-ring (bicyclic) bond motifs is 1. The zero-order chi connectivity index (χ0) is 15.8. The summed E-state index contributed by atoms with van der Waals surface area (Å²) in [5.74, 6) is -0.169. The molecule has 0 unspecified atom stereocenters. The summed E-state index contributed by atoms with van der Waals surface area (Å²) in [5, 5.41) is 8.32. The summed E-state index contributed by atoms with van der Waals surface area (Å²) in [6, 6.07) is 5.49.